The van der Waals surface area contributed by atoms with E-state index in [9.17, 15) is 29.4 Å². The summed E-state index contributed by atoms with van der Waals surface area (Å²) < 4.78 is 11.0. The third-order valence-electron chi connectivity index (χ3n) is 8.91. The van der Waals surface area contributed by atoms with Crippen LogP contribution in [-0.4, -0.2) is 71.5 Å². The Morgan fingerprint density at radius 3 is 2.57 bits per heavy atom. The van der Waals surface area contributed by atoms with Crippen molar-refractivity contribution in [3.63, 3.8) is 0 Å². The summed E-state index contributed by atoms with van der Waals surface area (Å²) in [6.07, 6.45) is 10.1. The minimum Gasteiger partial charge on any atom is -0.507 e. The highest BCUT2D eigenvalue weighted by atomic mass is 16.5. The van der Waals surface area contributed by atoms with Crippen molar-refractivity contribution in [1.29, 1.82) is 0 Å². The first kappa shape index (κ1) is 35.5. The number of rotatable bonds is 9. The summed E-state index contributed by atoms with van der Waals surface area (Å²) >= 11 is 0. The Kier molecular flexibility index (Phi) is 13.3. The SMILES string of the molecule is COc1ccc(C(CC(=O)NCCCN2CCCCCC2=O)c2c(O)cc3c(c2O)C(=O)OC(C)CCCC(=O)CCCC=C3)cc1. The molecule has 0 bridgehead atoms. The van der Waals surface area contributed by atoms with Gasteiger partial charge in [-0.3, -0.25) is 14.4 Å². The van der Waals surface area contributed by atoms with E-state index < -0.39 is 23.7 Å². The molecule has 2 atom stereocenters. The maximum Gasteiger partial charge on any atom is 0.342 e. The molecule has 1 saturated heterocycles. The van der Waals surface area contributed by atoms with Gasteiger partial charge in [0.1, 0.15) is 28.6 Å². The van der Waals surface area contributed by atoms with E-state index in [-0.39, 0.29) is 46.5 Å². The lowest BCUT2D eigenvalue weighted by atomic mass is 9.84. The van der Waals surface area contributed by atoms with Crippen LogP contribution in [0.5, 0.6) is 17.2 Å². The number of nitrogens with one attached hydrogen (secondary N) is 1. The first-order chi connectivity index (χ1) is 22.7. The van der Waals surface area contributed by atoms with E-state index in [1.807, 2.05) is 4.90 Å². The van der Waals surface area contributed by atoms with Crippen molar-refractivity contribution < 1.29 is 38.9 Å². The largest absolute Gasteiger partial charge is 0.507 e. The Bertz CT molecular complexity index is 1430. The number of esters is 1. The summed E-state index contributed by atoms with van der Waals surface area (Å²) in [5.41, 5.74) is 0.869. The van der Waals surface area contributed by atoms with Crippen LogP contribution in [0.4, 0.5) is 0 Å². The molecule has 47 heavy (non-hydrogen) atoms. The zero-order chi connectivity index (χ0) is 33.8. The lowest BCUT2D eigenvalue weighted by molar-refractivity contribution is -0.130. The molecule has 2 unspecified atom stereocenters. The fourth-order valence-electron chi connectivity index (χ4n) is 6.27. The fraction of sp³-hybridized carbons (Fsp3) is 0.514. The second kappa shape index (κ2) is 17.5. The molecule has 0 aromatic heterocycles. The number of nitrogens with zero attached hydrogens (tertiary/aromatic N) is 1. The van der Waals surface area contributed by atoms with Crippen LogP contribution in [0, 0.1) is 0 Å². The molecular weight excluding hydrogens is 600 g/mol. The van der Waals surface area contributed by atoms with E-state index in [0.29, 0.717) is 75.8 Å². The molecule has 2 aromatic rings. The number of aromatic hydroxyl groups is 2. The second-order valence-corrected chi connectivity index (χ2v) is 12.5. The van der Waals surface area contributed by atoms with Crippen LogP contribution in [0.25, 0.3) is 6.08 Å². The Morgan fingerprint density at radius 1 is 1.04 bits per heavy atom. The van der Waals surface area contributed by atoms with Gasteiger partial charge >= 0.3 is 5.97 Å². The van der Waals surface area contributed by atoms with E-state index in [1.165, 1.54) is 6.07 Å². The van der Waals surface area contributed by atoms with Crippen LogP contribution in [0.2, 0.25) is 0 Å². The molecule has 0 spiro atoms. The van der Waals surface area contributed by atoms with Crippen LogP contribution in [-0.2, 0) is 19.1 Å². The molecule has 2 amide bonds. The summed E-state index contributed by atoms with van der Waals surface area (Å²) in [4.78, 5) is 53.3. The lowest BCUT2D eigenvalue weighted by Gasteiger charge is -2.23. The number of Topliss-reactive ketones (excluding diaryl/α,β-unsaturated/α-hetero) is 1. The van der Waals surface area contributed by atoms with Crippen molar-refractivity contribution in [2.24, 2.45) is 0 Å². The highest BCUT2D eigenvalue weighted by Crippen LogP contribution is 2.44. The third kappa shape index (κ3) is 10.1. The Morgan fingerprint density at radius 2 is 1.81 bits per heavy atom. The average molecular weight is 649 g/mol. The van der Waals surface area contributed by atoms with E-state index >= 15 is 0 Å². The minimum absolute atomic E-state index is 0.0453. The Balaban J connectivity index is 1.62. The van der Waals surface area contributed by atoms with Crippen LogP contribution >= 0.6 is 0 Å². The molecule has 1 fully saturated rings. The number of allylic oxidation sites excluding steroid dienone is 1. The van der Waals surface area contributed by atoms with Crippen molar-refractivity contribution in [2.45, 2.75) is 96.0 Å². The molecule has 2 aliphatic rings. The molecule has 3 N–H and O–H groups in total. The highest BCUT2D eigenvalue weighted by Gasteiger charge is 2.31. The molecule has 0 radical (unpaired) electrons. The molecule has 4 rings (SSSR count). The van der Waals surface area contributed by atoms with E-state index in [2.05, 4.69) is 5.32 Å². The Labute approximate surface area is 277 Å². The number of fused-ring (bicyclic) bond motifs is 1. The van der Waals surface area contributed by atoms with Gasteiger partial charge in [0.25, 0.3) is 0 Å². The van der Waals surface area contributed by atoms with Gasteiger partial charge in [-0.1, -0.05) is 30.7 Å². The predicted octanol–water partition coefficient (Wildman–Crippen LogP) is 6.02. The second-order valence-electron chi connectivity index (χ2n) is 12.5. The van der Waals surface area contributed by atoms with Crippen molar-refractivity contribution in [2.75, 3.05) is 26.7 Å². The standard InChI is InChI=1S/C37H48N2O8/c1-25-11-9-14-28(40)13-6-3-5-12-27-23-31(41)35(36(44)34(27)37(45)47-25)30(26-16-18-29(46-2)19-17-26)24-32(42)38-20-10-22-39-21-8-4-7-15-33(39)43/h5,12,16-19,23,25,30,41,44H,3-4,6-11,13-15,20-22,24H2,1-2H3,(H,38,42). The summed E-state index contributed by atoms with van der Waals surface area (Å²) in [5.74, 6) is -1.66. The van der Waals surface area contributed by atoms with Gasteiger partial charge in [-0.25, -0.2) is 4.79 Å². The Hall–Kier alpha value is -4.34. The van der Waals surface area contributed by atoms with Crippen molar-refractivity contribution >= 4 is 29.6 Å². The monoisotopic (exact) mass is 648 g/mol. The van der Waals surface area contributed by atoms with Gasteiger partial charge in [-0.05, 0) is 81.2 Å². The highest BCUT2D eigenvalue weighted by molar-refractivity contribution is 5.98. The van der Waals surface area contributed by atoms with Crippen LogP contribution in [0.15, 0.2) is 36.4 Å². The topological polar surface area (TPSA) is 142 Å². The summed E-state index contributed by atoms with van der Waals surface area (Å²) in [5, 5.41) is 26.0. The van der Waals surface area contributed by atoms with Gasteiger partial charge in [0.15, 0.2) is 0 Å². The molecule has 0 aliphatic carbocycles. The van der Waals surface area contributed by atoms with E-state index in [1.54, 1.807) is 50.5 Å². The first-order valence-corrected chi connectivity index (χ1v) is 16.8. The number of ether oxygens (including phenoxy) is 2. The number of amides is 2. The quantitative estimate of drug-likeness (QED) is 0.221. The number of phenols is 2. The molecule has 10 heteroatoms. The van der Waals surface area contributed by atoms with Crippen LogP contribution in [0.3, 0.4) is 0 Å². The first-order valence-electron chi connectivity index (χ1n) is 16.8. The predicted molar refractivity (Wildman–Crippen MR) is 179 cm³/mol. The molecule has 2 aromatic carbocycles. The van der Waals surface area contributed by atoms with Gasteiger partial charge < -0.3 is 29.9 Å². The number of benzene rings is 2. The van der Waals surface area contributed by atoms with E-state index in [4.69, 9.17) is 9.47 Å². The van der Waals surface area contributed by atoms with Gasteiger partial charge in [0, 0.05) is 56.8 Å². The molecule has 2 aliphatic heterocycles. The molecule has 10 nitrogen and oxygen atoms in total. The number of phenolic OH excluding ortho intramolecular Hbond substituents is 2. The maximum absolute atomic E-state index is 13.6. The van der Waals surface area contributed by atoms with E-state index in [0.717, 1.165) is 25.8 Å². The number of hydrogen-bond donors (Lipinski definition) is 3. The zero-order valence-electron chi connectivity index (χ0n) is 27.6. The van der Waals surface area contributed by atoms with Crippen molar-refractivity contribution in [3.8, 4) is 17.2 Å². The van der Waals surface area contributed by atoms with Crippen LogP contribution in [0.1, 0.15) is 117 Å². The number of methoxy groups -OCH3 is 1. The van der Waals surface area contributed by atoms with Gasteiger partial charge in [0.2, 0.25) is 11.8 Å². The minimum atomic E-state index is -0.813. The number of hydrogen-bond acceptors (Lipinski definition) is 8. The van der Waals surface area contributed by atoms with Crippen molar-refractivity contribution in [1.82, 2.24) is 10.2 Å². The normalized spacial score (nSPS) is 18.8. The maximum atomic E-state index is 13.6. The van der Waals surface area contributed by atoms with Gasteiger partial charge in [-0.15, -0.1) is 0 Å². The molecular formula is C37H48N2O8. The molecule has 2 heterocycles. The summed E-state index contributed by atoms with van der Waals surface area (Å²) in [6, 6.07) is 8.39. The van der Waals surface area contributed by atoms with Crippen molar-refractivity contribution in [3.05, 3.63) is 58.7 Å². The number of carbonyl (C=O) groups excluding carboxylic acids is 4. The number of carbonyl (C=O) groups is 4. The summed E-state index contributed by atoms with van der Waals surface area (Å²) in [7, 11) is 1.54. The number of ketones is 1. The van der Waals surface area contributed by atoms with Gasteiger partial charge in [0.05, 0.1) is 13.2 Å². The molecule has 0 saturated carbocycles. The number of likely N-dealkylation sites (tertiary alicyclic amines) is 1. The molecule has 254 valence electrons. The van der Waals surface area contributed by atoms with Gasteiger partial charge in [-0.2, -0.15) is 0 Å². The fourth-order valence-corrected chi connectivity index (χ4v) is 6.27. The average Bonchev–Trinajstić information content (AvgIpc) is 3.25. The van der Waals surface area contributed by atoms with Crippen LogP contribution < -0.4 is 10.1 Å². The lowest BCUT2D eigenvalue weighted by Crippen LogP contribution is -2.34. The zero-order valence-corrected chi connectivity index (χ0v) is 27.6. The summed E-state index contributed by atoms with van der Waals surface area (Å²) in [6.45, 7) is 3.41. The smallest absolute Gasteiger partial charge is 0.342 e. The third-order valence-corrected chi connectivity index (χ3v) is 8.91. The number of cyclic esters (lactones) is 1.